The largest absolute Gasteiger partial charge is 0.493 e. The molecule has 0 amide bonds. The average Bonchev–Trinajstić information content (AvgIpc) is 2.35. The maximum Gasteiger partial charge on any atom is 0.179 e. The van der Waals surface area contributed by atoms with Crippen molar-refractivity contribution in [2.75, 3.05) is 25.2 Å². The fraction of sp³-hybridized carbons (Fsp3) is 0.571. The van der Waals surface area contributed by atoms with E-state index in [1.165, 1.54) is 0 Å². The molecule has 0 aliphatic rings. The first-order chi connectivity index (χ1) is 9.08. The fourth-order valence-electron chi connectivity index (χ4n) is 1.75. The van der Waals surface area contributed by atoms with Gasteiger partial charge < -0.3 is 15.2 Å². The predicted molar refractivity (Wildman–Crippen MR) is 83.9 cm³/mol. The molecule has 0 aromatic heterocycles. The highest BCUT2D eigenvalue weighted by molar-refractivity contribution is 7.99. The molecule has 0 saturated carbocycles. The van der Waals surface area contributed by atoms with Gasteiger partial charge in [0.25, 0.3) is 0 Å². The van der Waals surface area contributed by atoms with Gasteiger partial charge in [-0.1, -0.05) is 18.5 Å². The summed E-state index contributed by atoms with van der Waals surface area (Å²) >= 11 is 8.09. The number of halogens is 1. The second kappa shape index (κ2) is 8.56. The number of thioether (sulfide) groups is 1. The molecule has 2 N–H and O–H groups in total. The summed E-state index contributed by atoms with van der Waals surface area (Å²) in [6.45, 7) is 4.72. The van der Waals surface area contributed by atoms with E-state index in [2.05, 4.69) is 6.92 Å². The summed E-state index contributed by atoms with van der Waals surface area (Å²) in [6, 6.07) is 3.93. The lowest BCUT2D eigenvalue weighted by atomic mass is 10.1. The minimum atomic E-state index is 0.0912. The van der Waals surface area contributed by atoms with E-state index in [0.29, 0.717) is 23.1 Å². The Morgan fingerprint density at radius 3 is 2.74 bits per heavy atom. The zero-order valence-corrected chi connectivity index (χ0v) is 13.3. The number of benzene rings is 1. The molecule has 0 aliphatic heterocycles. The Bertz CT molecular complexity index is 399. The second-order valence-electron chi connectivity index (χ2n) is 4.34. The third kappa shape index (κ3) is 5.51. The molecule has 0 aliphatic carbocycles. The zero-order valence-electron chi connectivity index (χ0n) is 11.7. The van der Waals surface area contributed by atoms with Crippen molar-refractivity contribution in [1.29, 1.82) is 0 Å². The van der Waals surface area contributed by atoms with Gasteiger partial charge in [0, 0.05) is 11.8 Å². The molecule has 1 rings (SSSR count). The van der Waals surface area contributed by atoms with E-state index in [0.717, 1.165) is 23.5 Å². The maximum atomic E-state index is 6.26. The number of rotatable bonds is 8. The summed E-state index contributed by atoms with van der Waals surface area (Å²) in [5.74, 6) is 3.32. The van der Waals surface area contributed by atoms with Crippen LogP contribution in [0.3, 0.4) is 0 Å². The van der Waals surface area contributed by atoms with Crippen molar-refractivity contribution in [3.05, 3.63) is 22.7 Å². The normalized spacial score (nSPS) is 12.3. The van der Waals surface area contributed by atoms with Crippen molar-refractivity contribution in [3.8, 4) is 11.5 Å². The first kappa shape index (κ1) is 16.5. The molecule has 19 heavy (non-hydrogen) atoms. The van der Waals surface area contributed by atoms with Crippen LogP contribution in [0.15, 0.2) is 12.1 Å². The minimum Gasteiger partial charge on any atom is -0.493 e. The Morgan fingerprint density at radius 2 is 2.16 bits per heavy atom. The monoisotopic (exact) mass is 303 g/mol. The number of nitrogens with two attached hydrogens (primary N) is 1. The van der Waals surface area contributed by atoms with Gasteiger partial charge in [-0.25, -0.2) is 0 Å². The zero-order chi connectivity index (χ0) is 14.3. The lowest BCUT2D eigenvalue weighted by Gasteiger charge is -2.15. The van der Waals surface area contributed by atoms with Gasteiger partial charge in [0.2, 0.25) is 0 Å². The van der Waals surface area contributed by atoms with Crippen molar-refractivity contribution in [3.63, 3.8) is 0 Å². The van der Waals surface area contributed by atoms with Gasteiger partial charge in [-0.2, -0.15) is 11.8 Å². The molecule has 0 bridgehead atoms. The molecule has 5 heteroatoms. The lowest BCUT2D eigenvalue weighted by Crippen LogP contribution is -2.17. The smallest absolute Gasteiger partial charge is 0.179 e. The predicted octanol–water partition coefficient (Wildman–Crippen LogP) is 3.37. The Kier molecular flexibility index (Phi) is 7.42. The Morgan fingerprint density at radius 1 is 1.42 bits per heavy atom. The number of ether oxygens (including phenoxy) is 2. The molecule has 0 saturated heterocycles. The van der Waals surface area contributed by atoms with Crippen LogP contribution in [-0.4, -0.2) is 31.3 Å². The van der Waals surface area contributed by atoms with Gasteiger partial charge in [-0.15, -0.1) is 0 Å². The van der Waals surface area contributed by atoms with Crippen LogP contribution >= 0.6 is 23.4 Å². The highest BCUT2D eigenvalue weighted by atomic mass is 35.5. The summed E-state index contributed by atoms with van der Waals surface area (Å²) in [5.41, 5.74) is 6.86. The Hall–Kier alpha value is -0.580. The van der Waals surface area contributed by atoms with Crippen LogP contribution in [0.2, 0.25) is 5.02 Å². The molecule has 1 unspecified atom stereocenters. The van der Waals surface area contributed by atoms with Crippen LogP contribution in [0.4, 0.5) is 0 Å². The van der Waals surface area contributed by atoms with Crippen LogP contribution in [0.1, 0.15) is 19.4 Å². The molecule has 0 heterocycles. The van der Waals surface area contributed by atoms with E-state index >= 15 is 0 Å². The highest BCUT2D eigenvalue weighted by Gasteiger charge is 2.12. The van der Waals surface area contributed by atoms with Gasteiger partial charge in [-0.3, -0.25) is 0 Å². The summed E-state index contributed by atoms with van der Waals surface area (Å²) in [6.07, 6.45) is 0.766. The molecule has 1 atom stereocenters. The summed E-state index contributed by atoms with van der Waals surface area (Å²) < 4.78 is 11.1. The van der Waals surface area contributed by atoms with Crippen molar-refractivity contribution >= 4 is 23.4 Å². The average molecular weight is 304 g/mol. The van der Waals surface area contributed by atoms with Crippen LogP contribution in [0.5, 0.6) is 11.5 Å². The van der Waals surface area contributed by atoms with E-state index < -0.39 is 0 Å². The SMILES string of the molecule is CCSCCOc1c(Cl)cc(CC(C)N)cc1OC. The molecule has 1 aromatic carbocycles. The lowest BCUT2D eigenvalue weighted by molar-refractivity contribution is 0.313. The van der Waals surface area contributed by atoms with Crippen molar-refractivity contribution in [2.45, 2.75) is 26.3 Å². The summed E-state index contributed by atoms with van der Waals surface area (Å²) in [7, 11) is 1.62. The number of hydrogen-bond donors (Lipinski definition) is 1. The fourth-order valence-corrected chi connectivity index (χ4v) is 2.53. The molecule has 0 radical (unpaired) electrons. The first-order valence-corrected chi connectivity index (χ1v) is 7.94. The van der Waals surface area contributed by atoms with Crippen molar-refractivity contribution in [1.82, 2.24) is 0 Å². The van der Waals surface area contributed by atoms with E-state index in [1.54, 1.807) is 7.11 Å². The standard InChI is InChI=1S/C14H22ClNO2S/c1-4-19-6-5-18-14-12(15)8-11(7-10(2)16)9-13(14)17-3/h8-10H,4-7,16H2,1-3H3. The van der Waals surface area contributed by atoms with Gasteiger partial charge >= 0.3 is 0 Å². The Labute approximate surface area is 124 Å². The van der Waals surface area contributed by atoms with E-state index in [4.69, 9.17) is 26.8 Å². The molecule has 1 aromatic rings. The number of hydrogen-bond acceptors (Lipinski definition) is 4. The first-order valence-electron chi connectivity index (χ1n) is 6.41. The molecule has 108 valence electrons. The van der Waals surface area contributed by atoms with E-state index in [-0.39, 0.29) is 6.04 Å². The topological polar surface area (TPSA) is 44.5 Å². The van der Waals surface area contributed by atoms with Crippen LogP contribution in [0.25, 0.3) is 0 Å². The molecule has 0 spiro atoms. The van der Waals surface area contributed by atoms with Crippen LogP contribution < -0.4 is 15.2 Å². The molecule has 3 nitrogen and oxygen atoms in total. The third-order valence-electron chi connectivity index (χ3n) is 2.53. The van der Waals surface area contributed by atoms with Gasteiger partial charge in [-0.05, 0) is 36.8 Å². The van der Waals surface area contributed by atoms with E-state index in [1.807, 2.05) is 30.8 Å². The molecule has 0 fully saturated rings. The van der Waals surface area contributed by atoms with Crippen molar-refractivity contribution in [2.24, 2.45) is 5.73 Å². The van der Waals surface area contributed by atoms with E-state index in [9.17, 15) is 0 Å². The summed E-state index contributed by atoms with van der Waals surface area (Å²) in [5, 5.41) is 0.580. The Balaban J connectivity index is 2.79. The highest BCUT2D eigenvalue weighted by Crippen LogP contribution is 2.36. The van der Waals surface area contributed by atoms with Gasteiger partial charge in [0.15, 0.2) is 11.5 Å². The van der Waals surface area contributed by atoms with Gasteiger partial charge in [0.1, 0.15) is 0 Å². The third-order valence-corrected chi connectivity index (χ3v) is 3.67. The second-order valence-corrected chi connectivity index (χ2v) is 6.14. The molecular weight excluding hydrogens is 282 g/mol. The molecular formula is C14H22ClNO2S. The van der Waals surface area contributed by atoms with Gasteiger partial charge in [0.05, 0.1) is 18.7 Å². The minimum absolute atomic E-state index is 0.0912. The van der Waals surface area contributed by atoms with Crippen LogP contribution in [-0.2, 0) is 6.42 Å². The maximum absolute atomic E-state index is 6.26. The van der Waals surface area contributed by atoms with Crippen LogP contribution in [0, 0.1) is 0 Å². The summed E-state index contributed by atoms with van der Waals surface area (Å²) in [4.78, 5) is 0. The quantitative estimate of drug-likeness (QED) is 0.748. The number of methoxy groups -OCH3 is 1. The van der Waals surface area contributed by atoms with Crippen molar-refractivity contribution < 1.29 is 9.47 Å².